The Morgan fingerprint density at radius 2 is 2.18 bits per heavy atom. The van der Waals surface area contributed by atoms with Crippen LogP contribution in [0.1, 0.15) is 13.3 Å². The molecule has 0 radical (unpaired) electrons. The van der Waals surface area contributed by atoms with Crippen LogP contribution in [0.15, 0.2) is 0 Å². The van der Waals surface area contributed by atoms with Crippen molar-refractivity contribution in [3.63, 3.8) is 0 Å². The molecular weight excluding hydrogens is 216 g/mol. The molecule has 0 aliphatic carbocycles. The number of esters is 1. The van der Waals surface area contributed by atoms with Crippen molar-refractivity contribution < 1.29 is 19.4 Å². The van der Waals surface area contributed by atoms with Crippen LogP contribution >= 0.6 is 15.9 Å². The summed E-state index contributed by atoms with van der Waals surface area (Å²) in [7, 11) is 0. The molecule has 0 spiro atoms. The number of carboxylic acid groups (broad SMARTS) is 1. The molecule has 0 aromatic rings. The zero-order chi connectivity index (χ0) is 8.85. The van der Waals surface area contributed by atoms with Gasteiger partial charge in [0.15, 0.2) is 0 Å². The standard InChI is InChI=1S/C6H9BrO4/c1-4(8)11-5(3-7)2-6(9)10/h5H,2-3H2,1H3,(H,9,10)/t5-/m1/s1. The number of carbonyl (C=O) groups excluding carboxylic acids is 1. The van der Waals surface area contributed by atoms with E-state index < -0.39 is 18.0 Å². The fourth-order valence-electron chi connectivity index (χ4n) is 0.557. The van der Waals surface area contributed by atoms with Gasteiger partial charge >= 0.3 is 11.9 Å². The number of ether oxygens (including phenoxy) is 1. The molecule has 0 heterocycles. The summed E-state index contributed by atoms with van der Waals surface area (Å²) in [6.07, 6.45) is -0.727. The van der Waals surface area contributed by atoms with Crippen LogP contribution in [0, 0.1) is 0 Å². The van der Waals surface area contributed by atoms with Crippen LogP contribution in [0.5, 0.6) is 0 Å². The molecule has 0 fully saturated rings. The Hall–Kier alpha value is -0.580. The van der Waals surface area contributed by atoms with Crippen LogP contribution in [-0.4, -0.2) is 28.5 Å². The zero-order valence-corrected chi connectivity index (χ0v) is 7.63. The second kappa shape index (κ2) is 5.12. The third kappa shape index (κ3) is 5.84. The van der Waals surface area contributed by atoms with Crippen molar-refractivity contribution in [2.45, 2.75) is 19.4 Å². The summed E-state index contributed by atoms with van der Waals surface area (Å²) < 4.78 is 4.64. The van der Waals surface area contributed by atoms with E-state index in [4.69, 9.17) is 5.11 Å². The van der Waals surface area contributed by atoms with Gasteiger partial charge in [-0.25, -0.2) is 0 Å². The van der Waals surface area contributed by atoms with Gasteiger partial charge < -0.3 is 9.84 Å². The molecular formula is C6H9BrO4. The van der Waals surface area contributed by atoms with Crippen molar-refractivity contribution in [2.75, 3.05) is 5.33 Å². The number of aliphatic carboxylic acids is 1. The first-order valence-electron chi connectivity index (χ1n) is 3.01. The molecule has 0 aromatic heterocycles. The fraction of sp³-hybridized carbons (Fsp3) is 0.667. The molecule has 1 N–H and O–H groups in total. The van der Waals surface area contributed by atoms with Crippen molar-refractivity contribution in [3.8, 4) is 0 Å². The quantitative estimate of drug-likeness (QED) is 0.567. The van der Waals surface area contributed by atoms with Gasteiger partial charge in [0, 0.05) is 12.3 Å². The normalized spacial score (nSPS) is 12.2. The minimum Gasteiger partial charge on any atom is -0.481 e. The van der Waals surface area contributed by atoms with Crippen LogP contribution in [-0.2, 0) is 14.3 Å². The lowest BCUT2D eigenvalue weighted by atomic mass is 10.3. The second-order valence-electron chi connectivity index (χ2n) is 1.98. The summed E-state index contributed by atoms with van der Waals surface area (Å²) in [6, 6.07) is 0. The summed E-state index contributed by atoms with van der Waals surface area (Å²) in [5, 5.41) is 8.66. The third-order valence-electron chi connectivity index (χ3n) is 0.907. The Balaban J connectivity index is 3.76. The van der Waals surface area contributed by atoms with E-state index in [-0.39, 0.29) is 6.42 Å². The molecule has 1 atom stereocenters. The minimum atomic E-state index is -0.976. The van der Waals surface area contributed by atoms with Gasteiger partial charge in [-0.1, -0.05) is 15.9 Å². The van der Waals surface area contributed by atoms with Crippen LogP contribution in [0.25, 0.3) is 0 Å². The van der Waals surface area contributed by atoms with Crippen molar-refractivity contribution in [2.24, 2.45) is 0 Å². The summed E-state index contributed by atoms with van der Waals surface area (Å²) in [4.78, 5) is 20.5. The topological polar surface area (TPSA) is 63.6 Å². The molecule has 0 aliphatic heterocycles. The number of halogens is 1. The van der Waals surface area contributed by atoms with Crippen molar-refractivity contribution in [1.82, 2.24) is 0 Å². The molecule has 0 saturated heterocycles. The Morgan fingerprint density at radius 3 is 2.45 bits per heavy atom. The maximum atomic E-state index is 10.4. The van der Waals surface area contributed by atoms with Crippen molar-refractivity contribution >= 4 is 27.9 Å². The van der Waals surface area contributed by atoms with E-state index in [2.05, 4.69) is 20.7 Å². The zero-order valence-electron chi connectivity index (χ0n) is 6.04. The monoisotopic (exact) mass is 224 g/mol. The highest BCUT2D eigenvalue weighted by Gasteiger charge is 2.13. The highest BCUT2D eigenvalue weighted by Crippen LogP contribution is 2.02. The maximum Gasteiger partial charge on any atom is 0.307 e. The van der Waals surface area contributed by atoms with E-state index in [1.807, 2.05) is 0 Å². The Kier molecular flexibility index (Phi) is 4.85. The molecule has 0 bridgehead atoms. The lowest BCUT2D eigenvalue weighted by molar-refractivity contribution is -0.149. The Morgan fingerprint density at radius 1 is 1.64 bits per heavy atom. The lowest BCUT2D eigenvalue weighted by Crippen LogP contribution is -2.21. The van der Waals surface area contributed by atoms with Gasteiger partial charge in [0.25, 0.3) is 0 Å². The summed E-state index contributed by atoms with van der Waals surface area (Å²) >= 11 is 3.03. The number of hydrogen-bond acceptors (Lipinski definition) is 3. The number of alkyl halides is 1. The predicted octanol–water partition coefficient (Wildman–Crippen LogP) is 0.788. The average molecular weight is 225 g/mol. The number of carboxylic acids is 1. The van der Waals surface area contributed by atoms with E-state index in [9.17, 15) is 9.59 Å². The molecule has 0 aromatic carbocycles. The molecule has 64 valence electrons. The van der Waals surface area contributed by atoms with Crippen LogP contribution in [0.3, 0.4) is 0 Å². The number of hydrogen-bond donors (Lipinski definition) is 1. The smallest absolute Gasteiger partial charge is 0.307 e. The first-order valence-corrected chi connectivity index (χ1v) is 4.13. The van der Waals surface area contributed by atoms with Gasteiger partial charge in [0.05, 0.1) is 6.42 Å². The van der Waals surface area contributed by atoms with Gasteiger partial charge in [0.1, 0.15) is 6.10 Å². The SMILES string of the molecule is CC(=O)O[C@@H](CBr)CC(=O)O. The van der Waals surface area contributed by atoms with E-state index in [1.165, 1.54) is 6.92 Å². The van der Waals surface area contributed by atoms with Crippen LogP contribution < -0.4 is 0 Å². The highest BCUT2D eigenvalue weighted by atomic mass is 79.9. The number of carbonyl (C=O) groups is 2. The predicted molar refractivity (Wildman–Crippen MR) is 41.6 cm³/mol. The molecule has 0 saturated carbocycles. The lowest BCUT2D eigenvalue weighted by Gasteiger charge is -2.10. The van der Waals surface area contributed by atoms with Crippen molar-refractivity contribution in [1.29, 1.82) is 0 Å². The van der Waals surface area contributed by atoms with Gasteiger partial charge in [0.2, 0.25) is 0 Å². The molecule has 0 aliphatic rings. The summed E-state index contributed by atoms with van der Waals surface area (Å²) in [5.41, 5.74) is 0. The first kappa shape index (κ1) is 10.4. The molecule has 5 heteroatoms. The second-order valence-corrected chi connectivity index (χ2v) is 2.63. The number of rotatable bonds is 4. The van der Waals surface area contributed by atoms with Gasteiger partial charge in [-0.3, -0.25) is 9.59 Å². The average Bonchev–Trinajstić information content (AvgIpc) is 1.84. The van der Waals surface area contributed by atoms with Crippen LogP contribution in [0.2, 0.25) is 0 Å². The molecule has 0 amide bonds. The molecule has 0 unspecified atom stereocenters. The van der Waals surface area contributed by atoms with Gasteiger partial charge in [-0.05, 0) is 0 Å². The van der Waals surface area contributed by atoms with Gasteiger partial charge in [-0.2, -0.15) is 0 Å². The summed E-state index contributed by atoms with van der Waals surface area (Å²) in [6.45, 7) is 1.25. The van der Waals surface area contributed by atoms with E-state index >= 15 is 0 Å². The van der Waals surface area contributed by atoms with Crippen LogP contribution in [0.4, 0.5) is 0 Å². The highest BCUT2D eigenvalue weighted by molar-refractivity contribution is 9.09. The van der Waals surface area contributed by atoms with E-state index in [0.29, 0.717) is 5.33 Å². The molecule has 11 heavy (non-hydrogen) atoms. The maximum absolute atomic E-state index is 10.4. The molecule has 0 rings (SSSR count). The van der Waals surface area contributed by atoms with Crippen molar-refractivity contribution in [3.05, 3.63) is 0 Å². The summed E-state index contributed by atoms with van der Waals surface area (Å²) in [5.74, 6) is -1.44. The van der Waals surface area contributed by atoms with E-state index in [0.717, 1.165) is 0 Å². The Labute approximate surface area is 72.7 Å². The largest absolute Gasteiger partial charge is 0.481 e. The fourth-order valence-corrected chi connectivity index (χ4v) is 0.918. The third-order valence-corrected chi connectivity index (χ3v) is 1.63. The molecule has 4 nitrogen and oxygen atoms in total. The Bertz CT molecular complexity index is 141. The van der Waals surface area contributed by atoms with Gasteiger partial charge in [-0.15, -0.1) is 0 Å². The first-order chi connectivity index (χ1) is 5.06. The minimum absolute atomic E-state index is 0.162. The van der Waals surface area contributed by atoms with E-state index in [1.54, 1.807) is 0 Å².